The van der Waals surface area contributed by atoms with Gasteiger partial charge in [0, 0.05) is 12.1 Å². The second-order valence-corrected chi connectivity index (χ2v) is 2.81. The van der Waals surface area contributed by atoms with E-state index in [9.17, 15) is 0 Å². The van der Waals surface area contributed by atoms with Gasteiger partial charge in [-0.3, -0.25) is 0 Å². The predicted octanol–water partition coefficient (Wildman–Crippen LogP) is 0.255. The van der Waals surface area contributed by atoms with E-state index in [4.69, 9.17) is 10.4 Å². The molecule has 0 aromatic carbocycles. The largest absolute Gasteiger partial charge is 0.317 e. The molecule has 1 aliphatic carbocycles. The molecule has 1 rings (SSSR count). The third-order valence-corrected chi connectivity index (χ3v) is 2.09. The molecule has 0 aromatic rings. The Bertz CT molecular complexity index is 79.7. The molecule has 0 radical (unpaired) electrons. The summed E-state index contributed by atoms with van der Waals surface area (Å²) in [6, 6.07) is 0.453. The van der Waals surface area contributed by atoms with Crippen LogP contribution in [0.3, 0.4) is 0 Å². The van der Waals surface area contributed by atoms with Crippen LogP contribution < -0.4 is 11.0 Å². The minimum atomic E-state index is 0.226. The molecular weight excluding hydrogens is 132 g/mol. The van der Waals surface area contributed by atoms with Crippen molar-refractivity contribution in [1.29, 1.82) is 0 Å². The fourth-order valence-corrected chi connectivity index (χ4v) is 1.35. The van der Waals surface area contributed by atoms with Gasteiger partial charge in [-0.1, -0.05) is 0 Å². The molecule has 0 unspecified atom stereocenters. The van der Waals surface area contributed by atoms with Gasteiger partial charge in [0.15, 0.2) is 0 Å². The zero-order valence-corrected chi connectivity index (χ0v) is 5.88. The monoisotopic (exact) mass is 146 g/mol. The highest BCUT2D eigenvalue weighted by molar-refractivity contribution is 4.76. The molecule has 10 heavy (non-hydrogen) atoms. The normalized spacial score (nSPS) is 34.2. The first-order chi connectivity index (χ1) is 4.86. The minimum absolute atomic E-state index is 0.226. The topological polar surface area (TPSA) is 64.5 Å². The average Bonchev–Trinajstić information content (AvgIpc) is 2.05. The first kappa shape index (κ1) is 7.94. The van der Waals surface area contributed by atoms with Crippen LogP contribution >= 0.6 is 0 Å². The Balaban J connectivity index is 2.17. The van der Waals surface area contributed by atoms with E-state index in [2.05, 4.69) is 11.0 Å². The highest BCUT2D eigenvalue weighted by Gasteiger charge is 2.19. The summed E-state index contributed by atoms with van der Waals surface area (Å²) in [5.74, 6) is 0. The van der Waals surface area contributed by atoms with Crippen molar-refractivity contribution in [3.63, 3.8) is 0 Å². The number of rotatable bonds is 2. The number of hydrogen-bond donors (Lipinski definition) is 4. The van der Waals surface area contributed by atoms with Gasteiger partial charge in [0.25, 0.3) is 0 Å². The van der Waals surface area contributed by atoms with Crippen molar-refractivity contribution in [2.24, 2.45) is 0 Å². The second-order valence-electron chi connectivity index (χ2n) is 2.81. The van der Waals surface area contributed by atoms with Crippen molar-refractivity contribution in [2.75, 3.05) is 0 Å². The number of hydroxylamine groups is 2. The van der Waals surface area contributed by atoms with Gasteiger partial charge in [-0.05, 0) is 25.7 Å². The van der Waals surface area contributed by atoms with Crippen molar-refractivity contribution < 1.29 is 10.4 Å². The van der Waals surface area contributed by atoms with Gasteiger partial charge in [-0.2, -0.15) is 0 Å². The van der Waals surface area contributed by atoms with E-state index >= 15 is 0 Å². The Morgan fingerprint density at radius 1 is 0.800 bits per heavy atom. The van der Waals surface area contributed by atoms with Gasteiger partial charge < -0.3 is 10.4 Å². The van der Waals surface area contributed by atoms with Crippen LogP contribution in [0, 0.1) is 0 Å². The van der Waals surface area contributed by atoms with Crippen molar-refractivity contribution in [1.82, 2.24) is 11.0 Å². The molecule has 0 heterocycles. The molecular formula is C6H14N2O2. The van der Waals surface area contributed by atoms with E-state index in [1.165, 1.54) is 0 Å². The molecule has 0 amide bonds. The number of hydrogen-bond acceptors (Lipinski definition) is 4. The summed E-state index contributed by atoms with van der Waals surface area (Å²) >= 11 is 0. The van der Waals surface area contributed by atoms with Crippen LogP contribution in [0.4, 0.5) is 0 Å². The van der Waals surface area contributed by atoms with E-state index in [0.717, 1.165) is 25.7 Å². The lowest BCUT2D eigenvalue weighted by molar-refractivity contribution is 0.0671. The quantitative estimate of drug-likeness (QED) is 0.422. The molecule has 0 atom stereocenters. The molecule has 4 N–H and O–H groups in total. The zero-order valence-electron chi connectivity index (χ0n) is 5.88. The van der Waals surface area contributed by atoms with Crippen LogP contribution in [0.25, 0.3) is 0 Å². The molecule has 1 saturated carbocycles. The fraction of sp³-hybridized carbons (Fsp3) is 1.00. The van der Waals surface area contributed by atoms with Crippen molar-refractivity contribution in [2.45, 2.75) is 37.8 Å². The van der Waals surface area contributed by atoms with Crippen molar-refractivity contribution in [3.8, 4) is 0 Å². The highest BCUT2D eigenvalue weighted by Crippen LogP contribution is 2.17. The first-order valence-corrected chi connectivity index (χ1v) is 3.66. The van der Waals surface area contributed by atoms with E-state index in [0.29, 0.717) is 0 Å². The predicted molar refractivity (Wildman–Crippen MR) is 35.9 cm³/mol. The molecule has 1 aliphatic rings. The standard InChI is InChI=1S/C6H14N2O2/c9-7-5-1-2-6(8-10)4-3-5/h5-10H,1-4H2. The second kappa shape index (κ2) is 3.88. The van der Waals surface area contributed by atoms with Gasteiger partial charge in [-0.15, -0.1) is 0 Å². The van der Waals surface area contributed by atoms with Crippen LogP contribution in [0.1, 0.15) is 25.7 Å². The zero-order chi connectivity index (χ0) is 7.40. The maximum atomic E-state index is 8.52. The maximum Gasteiger partial charge on any atom is 0.0320 e. The van der Waals surface area contributed by atoms with Gasteiger partial charge in [0.1, 0.15) is 0 Å². The number of nitrogens with one attached hydrogen (secondary N) is 2. The summed E-state index contributed by atoms with van der Waals surface area (Å²) < 4.78 is 0. The Kier molecular flexibility index (Phi) is 3.08. The Morgan fingerprint density at radius 3 is 1.30 bits per heavy atom. The third kappa shape index (κ3) is 1.91. The molecule has 0 spiro atoms. The lowest BCUT2D eigenvalue weighted by Gasteiger charge is -2.25. The van der Waals surface area contributed by atoms with E-state index in [1.807, 2.05) is 0 Å². The van der Waals surface area contributed by atoms with Gasteiger partial charge in [0.2, 0.25) is 0 Å². The van der Waals surface area contributed by atoms with Gasteiger partial charge >= 0.3 is 0 Å². The van der Waals surface area contributed by atoms with E-state index in [1.54, 1.807) is 0 Å². The SMILES string of the molecule is ONC1CCC(NO)CC1. The summed E-state index contributed by atoms with van der Waals surface area (Å²) in [6.45, 7) is 0. The van der Waals surface area contributed by atoms with Crippen LogP contribution in [-0.2, 0) is 0 Å². The lowest BCUT2D eigenvalue weighted by Crippen LogP contribution is -2.37. The minimum Gasteiger partial charge on any atom is -0.317 e. The highest BCUT2D eigenvalue weighted by atomic mass is 16.5. The summed E-state index contributed by atoms with van der Waals surface area (Å²) in [5, 5.41) is 17.0. The first-order valence-electron chi connectivity index (χ1n) is 3.66. The molecule has 0 aromatic heterocycles. The van der Waals surface area contributed by atoms with Gasteiger partial charge in [0.05, 0.1) is 0 Å². The maximum absolute atomic E-state index is 8.52. The van der Waals surface area contributed by atoms with Crippen molar-refractivity contribution in [3.05, 3.63) is 0 Å². The van der Waals surface area contributed by atoms with Crippen LogP contribution in [-0.4, -0.2) is 22.5 Å². The van der Waals surface area contributed by atoms with Crippen LogP contribution in [0.2, 0.25) is 0 Å². The third-order valence-electron chi connectivity index (χ3n) is 2.09. The van der Waals surface area contributed by atoms with Gasteiger partial charge in [-0.25, -0.2) is 11.0 Å². The average molecular weight is 146 g/mol. The molecule has 0 aliphatic heterocycles. The van der Waals surface area contributed by atoms with Crippen LogP contribution in [0.5, 0.6) is 0 Å². The molecule has 4 heteroatoms. The summed E-state index contributed by atoms with van der Waals surface area (Å²) in [7, 11) is 0. The summed E-state index contributed by atoms with van der Waals surface area (Å²) in [4.78, 5) is 0. The Hall–Kier alpha value is -0.160. The summed E-state index contributed by atoms with van der Waals surface area (Å²) in [6.07, 6.45) is 3.70. The molecule has 0 saturated heterocycles. The molecule has 4 nitrogen and oxygen atoms in total. The Labute approximate surface area is 60.2 Å². The molecule has 60 valence electrons. The van der Waals surface area contributed by atoms with Crippen LogP contribution in [0.15, 0.2) is 0 Å². The molecule has 1 fully saturated rings. The Morgan fingerprint density at radius 2 is 1.10 bits per heavy atom. The summed E-state index contributed by atoms with van der Waals surface area (Å²) in [5.41, 5.74) is 4.48. The smallest absolute Gasteiger partial charge is 0.0320 e. The van der Waals surface area contributed by atoms with Crippen molar-refractivity contribution >= 4 is 0 Å². The fourth-order valence-electron chi connectivity index (χ4n) is 1.35. The lowest BCUT2D eigenvalue weighted by atomic mass is 9.92. The van der Waals surface area contributed by atoms with E-state index < -0.39 is 0 Å². The molecule has 0 bridgehead atoms. The van der Waals surface area contributed by atoms with E-state index in [-0.39, 0.29) is 12.1 Å².